The Morgan fingerprint density at radius 2 is 2.50 bits per heavy atom. The first-order valence-corrected chi connectivity index (χ1v) is 8.54. The quantitative estimate of drug-likeness (QED) is 0.782. The number of aryl methyl sites for hydroxylation is 1. The maximum atomic E-state index is 11.8. The summed E-state index contributed by atoms with van der Waals surface area (Å²) >= 11 is 5.06. The van der Waals surface area contributed by atoms with Crippen LogP contribution in [0.5, 0.6) is 0 Å². The Balaban J connectivity index is 1.68. The molecule has 6 heteroatoms. The SMILES string of the molecule is O=C(CCc1cc(Br)cs1)NC[C@H](CO)[C@H]1CCOC1. The molecule has 1 amide bonds. The first kappa shape index (κ1) is 15.9. The van der Waals surface area contributed by atoms with Crippen molar-refractivity contribution >= 4 is 33.2 Å². The van der Waals surface area contributed by atoms with Gasteiger partial charge in [0, 0.05) is 53.4 Å². The van der Waals surface area contributed by atoms with Crippen LogP contribution >= 0.6 is 27.3 Å². The summed E-state index contributed by atoms with van der Waals surface area (Å²) in [5, 5.41) is 14.3. The molecule has 2 atom stereocenters. The number of aliphatic hydroxyl groups excluding tert-OH is 1. The number of nitrogens with one attached hydrogen (secondary N) is 1. The third-order valence-electron chi connectivity index (χ3n) is 3.65. The largest absolute Gasteiger partial charge is 0.396 e. The van der Waals surface area contributed by atoms with Gasteiger partial charge in [0.05, 0.1) is 0 Å². The molecule has 0 unspecified atom stereocenters. The van der Waals surface area contributed by atoms with Crippen molar-refractivity contribution in [3.05, 3.63) is 20.8 Å². The number of ether oxygens (including phenoxy) is 1. The summed E-state index contributed by atoms with van der Waals surface area (Å²) in [4.78, 5) is 13.0. The van der Waals surface area contributed by atoms with Crippen LogP contribution in [0.4, 0.5) is 0 Å². The zero-order valence-electron chi connectivity index (χ0n) is 11.3. The van der Waals surface area contributed by atoms with E-state index in [1.54, 1.807) is 11.3 Å². The topological polar surface area (TPSA) is 58.6 Å². The molecule has 0 radical (unpaired) electrons. The average molecular weight is 362 g/mol. The molecule has 2 heterocycles. The molecule has 1 saturated heterocycles. The van der Waals surface area contributed by atoms with E-state index in [-0.39, 0.29) is 18.4 Å². The third-order valence-corrected chi connectivity index (χ3v) is 5.41. The van der Waals surface area contributed by atoms with Crippen molar-refractivity contribution in [2.45, 2.75) is 19.3 Å². The first-order chi connectivity index (χ1) is 9.69. The molecular weight excluding hydrogens is 342 g/mol. The number of carbonyl (C=O) groups excluding carboxylic acids is 1. The van der Waals surface area contributed by atoms with Crippen molar-refractivity contribution in [3.63, 3.8) is 0 Å². The van der Waals surface area contributed by atoms with Gasteiger partial charge in [-0.2, -0.15) is 0 Å². The summed E-state index contributed by atoms with van der Waals surface area (Å²) in [6, 6.07) is 2.05. The number of rotatable bonds is 7. The fourth-order valence-electron chi connectivity index (χ4n) is 2.36. The fraction of sp³-hybridized carbons (Fsp3) is 0.643. The number of thiophene rings is 1. The average Bonchev–Trinajstić information content (AvgIpc) is 3.09. The molecule has 20 heavy (non-hydrogen) atoms. The molecule has 4 nitrogen and oxygen atoms in total. The van der Waals surface area contributed by atoms with Crippen molar-refractivity contribution in [1.82, 2.24) is 5.32 Å². The van der Waals surface area contributed by atoms with Crippen molar-refractivity contribution in [2.75, 3.05) is 26.4 Å². The van der Waals surface area contributed by atoms with E-state index in [0.717, 1.165) is 23.9 Å². The van der Waals surface area contributed by atoms with E-state index >= 15 is 0 Å². The number of aliphatic hydroxyl groups is 1. The maximum Gasteiger partial charge on any atom is 0.220 e. The van der Waals surface area contributed by atoms with Crippen LogP contribution < -0.4 is 5.32 Å². The second-order valence-corrected chi connectivity index (χ2v) is 7.01. The number of halogens is 1. The van der Waals surface area contributed by atoms with Gasteiger partial charge < -0.3 is 15.2 Å². The summed E-state index contributed by atoms with van der Waals surface area (Å²) in [6.07, 6.45) is 2.23. The van der Waals surface area contributed by atoms with Crippen molar-refractivity contribution in [3.8, 4) is 0 Å². The molecule has 112 valence electrons. The summed E-state index contributed by atoms with van der Waals surface area (Å²) in [7, 11) is 0. The van der Waals surface area contributed by atoms with Crippen LogP contribution in [0.3, 0.4) is 0 Å². The Bertz CT molecular complexity index is 432. The van der Waals surface area contributed by atoms with Crippen LogP contribution in [0, 0.1) is 11.8 Å². The van der Waals surface area contributed by atoms with Crippen molar-refractivity contribution in [1.29, 1.82) is 0 Å². The van der Waals surface area contributed by atoms with E-state index in [1.807, 2.05) is 11.4 Å². The van der Waals surface area contributed by atoms with Crippen LogP contribution in [0.2, 0.25) is 0 Å². The first-order valence-electron chi connectivity index (χ1n) is 6.87. The summed E-state index contributed by atoms with van der Waals surface area (Å²) in [5.74, 6) is 0.526. The summed E-state index contributed by atoms with van der Waals surface area (Å²) in [5.41, 5.74) is 0. The van der Waals surface area contributed by atoms with Gasteiger partial charge in [0.15, 0.2) is 0 Å². The van der Waals surface area contributed by atoms with E-state index < -0.39 is 0 Å². The molecular formula is C14H20BrNO3S. The number of hydrogen-bond donors (Lipinski definition) is 2. The van der Waals surface area contributed by atoms with Gasteiger partial charge in [-0.3, -0.25) is 4.79 Å². The lowest BCUT2D eigenvalue weighted by Crippen LogP contribution is -2.34. The number of carbonyl (C=O) groups is 1. The van der Waals surface area contributed by atoms with Crippen molar-refractivity contribution in [2.24, 2.45) is 11.8 Å². The number of hydrogen-bond acceptors (Lipinski definition) is 4. The molecule has 0 aromatic carbocycles. The normalized spacial score (nSPS) is 20.0. The second-order valence-electron chi connectivity index (χ2n) is 5.10. The van der Waals surface area contributed by atoms with Gasteiger partial charge in [-0.15, -0.1) is 11.3 Å². The molecule has 0 spiro atoms. The monoisotopic (exact) mass is 361 g/mol. The van der Waals surface area contributed by atoms with Crippen LogP contribution in [0.1, 0.15) is 17.7 Å². The molecule has 2 rings (SSSR count). The molecule has 1 aliphatic heterocycles. The standard InChI is InChI=1S/C14H20BrNO3S/c15-12-5-13(20-9-12)1-2-14(18)16-6-11(7-17)10-3-4-19-8-10/h5,9-11,17H,1-4,6-8H2,(H,16,18)/t10-,11+/m0/s1. The highest BCUT2D eigenvalue weighted by atomic mass is 79.9. The van der Waals surface area contributed by atoms with E-state index in [4.69, 9.17) is 4.74 Å². The van der Waals surface area contributed by atoms with Crippen molar-refractivity contribution < 1.29 is 14.6 Å². The van der Waals surface area contributed by atoms with Gasteiger partial charge in [-0.1, -0.05) is 0 Å². The van der Waals surface area contributed by atoms with Gasteiger partial charge in [0.25, 0.3) is 0 Å². The minimum Gasteiger partial charge on any atom is -0.396 e. The lowest BCUT2D eigenvalue weighted by molar-refractivity contribution is -0.121. The zero-order chi connectivity index (χ0) is 14.4. The minimum atomic E-state index is 0.0480. The van der Waals surface area contributed by atoms with E-state index in [0.29, 0.717) is 25.5 Å². The molecule has 2 N–H and O–H groups in total. The van der Waals surface area contributed by atoms with Gasteiger partial charge in [0.2, 0.25) is 5.91 Å². The molecule has 1 aromatic heterocycles. The summed E-state index contributed by atoms with van der Waals surface area (Å²) in [6.45, 7) is 2.11. The van der Waals surface area contributed by atoms with E-state index in [9.17, 15) is 9.90 Å². The highest BCUT2D eigenvalue weighted by molar-refractivity contribution is 9.10. The van der Waals surface area contributed by atoms with Crippen LogP contribution in [0.15, 0.2) is 15.9 Å². The lowest BCUT2D eigenvalue weighted by Gasteiger charge is -2.20. The Kier molecular flexibility index (Phi) is 6.48. The van der Waals surface area contributed by atoms with Crippen LogP contribution in [0.25, 0.3) is 0 Å². The Morgan fingerprint density at radius 1 is 1.65 bits per heavy atom. The Morgan fingerprint density at radius 3 is 3.10 bits per heavy atom. The zero-order valence-corrected chi connectivity index (χ0v) is 13.7. The van der Waals surface area contributed by atoms with E-state index in [1.165, 1.54) is 4.88 Å². The molecule has 0 bridgehead atoms. The fourth-order valence-corrected chi connectivity index (χ4v) is 3.81. The smallest absolute Gasteiger partial charge is 0.220 e. The van der Waals surface area contributed by atoms with Gasteiger partial charge in [-0.05, 0) is 40.8 Å². The predicted octanol–water partition coefficient (Wildman–Crippen LogP) is 2.20. The molecule has 1 aliphatic rings. The lowest BCUT2D eigenvalue weighted by atomic mass is 9.92. The Labute approximate surface area is 131 Å². The predicted molar refractivity (Wildman–Crippen MR) is 82.9 cm³/mol. The van der Waals surface area contributed by atoms with Gasteiger partial charge in [0.1, 0.15) is 0 Å². The van der Waals surface area contributed by atoms with E-state index in [2.05, 4.69) is 21.2 Å². The van der Waals surface area contributed by atoms with Crippen LogP contribution in [-0.2, 0) is 16.0 Å². The highest BCUT2D eigenvalue weighted by Gasteiger charge is 2.25. The Hall–Kier alpha value is -0.430. The molecule has 0 saturated carbocycles. The number of amides is 1. The van der Waals surface area contributed by atoms with Gasteiger partial charge in [-0.25, -0.2) is 0 Å². The van der Waals surface area contributed by atoms with Crippen LogP contribution in [-0.4, -0.2) is 37.4 Å². The molecule has 1 aromatic rings. The third kappa shape index (κ3) is 4.84. The minimum absolute atomic E-state index is 0.0480. The second kappa shape index (κ2) is 8.12. The summed E-state index contributed by atoms with van der Waals surface area (Å²) < 4.78 is 6.40. The molecule has 0 aliphatic carbocycles. The maximum absolute atomic E-state index is 11.8. The highest BCUT2D eigenvalue weighted by Crippen LogP contribution is 2.22. The molecule has 1 fully saturated rings. The van der Waals surface area contributed by atoms with Gasteiger partial charge >= 0.3 is 0 Å².